The molecule has 6 heterocycles. The number of fused-ring (bicyclic) bond motifs is 2. The molecule has 10 aromatic rings. The Labute approximate surface area is 648 Å². The minimum absolute atomic E-state index is 0.0306. The number of pyridine rings is 2. The molecule has 0 radical (unpaired) electrons. The van der Waals surface area contributed by atoms with Crippen LogP contribution in [0.4, 0.5) is 29.7 Å². The van der Waals surface area contributed by atoms with Crippen molar-refractivity contribution in [2.24, 2.45) is 0 Å². The van der Waals surface area contributed by atoms with Gasteiger partial charge in [-0.15, -0.1) is 0 Å². The maximum absolute atomic E-state index is 16.0. The van der Waals surface area contributed by atoms with Gasteiger partial charge < -0.3 is 43.8 Å². The van der Waals surface area contributed by atoms with Gasteiger partial charge >= 0.3 is 18.2 Å². The molecule has 110 heavy (non-hydrogen) atoms. The number of aryl methyl sites for hydroxylation is 2. The summed E-state index contributed by atoms with van der Waals surface area (Å²) in [5, 5.41) is 41.6. The minimum atomic E-state index is -0.693. The van der Waals surface area contributed by atoms with Gasteiger partial charge in [-0.2, -0.15) is 20.7 Å². The first-order valence-corrected chi connectivity index (χ1v) is 37.2. The van der Waals surface area contributed by atoms with Crippen LogP contribution < -0.4 is 14.5 Å². The fraction of sp³-hybridized carbons (Fsp3) is 0.372. The van der Waals surface area contributed by atoms with Crippen molar-refractivity contribution in [3.8, 4) is 68.4 Å². The van der Waals surface area contributed by atoms with Gasteiger partial charge in [-0.25, -0.2) is 42.5 Å². The molecule has 0 saturated carbocycles. The van der Waals surface area contributed by atoms with E-state index in [9.17, 15) is 34.8 Å². The van der Waals surface area contributed by atoms with Crippen molar-refractivity contribution in [1.29, 1.82) is 10.5 Å². The maximum atomic E-state index is 16.0. The number of rotatable bonds is 12. The lowest BCUT2D eigenvalue weighted by Crippen LogP contribution is -2.50. The highest BCUT2D eigenvalue weighted by Gasteiger charge is 2.33. The molecular weight excluding hydrogens is 1420 g/mol. The lowest BCUT2D eigenvalue weighted by Gasteiger charge is -2.36. The molecule has 1 N–H and O–H groups in total. The van der Waals surface area contributed by atoms with Crippen molar-refractivity contribution in [2.75, 3.05) is 81.8 Å². The molecule has 12 rings (SSSR count). The van der Waals surface area contributed by atoms with Crippen LogP contribution in [0.3, 0.4) is 0 Å². The molecule has 21 nitrogen and oxygen atoms in total. The molecule has 2 fully saturated rings. The zero-order valence-electron chi connectivity index (χ0n) is 65.9. The Morgan fingerprint density at radius 1 is 0.518 bits per heavy atom. The van der Waals surface area contributed by atoms with Crippen LogP contribution >= 0.6 is 11.6 Å². The third-order valence-corrected chi connectivity index (χ3v) is 18.6. The number of aromatic nitrogens is 6. The first kappa shape index (κ1) is 82.8. The van der Waals surface area contributed by atoms with E-state index in [1.54, 1.807) is 69.1 Å². The van der Waals surface area contributed by atoms with Gasteiger partial charge in [0.25, 0.3) is 5.24 Å². The van der Waals surface area contributed by atoms with Gasteiger partial charge in [0.1, 0.15) is 46.5 Å². The largest absolute Gasteiger partial charge is 0.508 e. The summed E-state index contributed by atoms with van der Waals surface area (Å²) >= 11 is 5.16. The van der Waals surface area contributed by atoms with Gasteiger partial charge in [0.2, 0.25) is 0 Å². The van der Waals surface area contributed by atoms with Crippen LogP contribution in [0, 0.1) is 48.1 Å². The van der Waals surface area contributed by atoms with Crippen molar-refractivity contribution in [3.05, 3.63) is 191 Å². The van der Waals surface area contributed by atoms with Gasteiger partial charge in [-0.3, -0.25) is 4.79 Å². The normalized spacial score (nSPS) is 13.3. The molecule has 576 valence electrons. The molecule has 0 atom stereocenters. The third kappa shape index (κ3) is 20.0. The molecule has 2 aliphatic heterocycles. The molecule has 4 aromatic heterocycles. The van der Waals surface area contributed by atoms with E-state index in [-0.39, 0.29) is 57.3 Å². The number of aromatic hydroxyl groups is 1. The Bertz CT molecular complexity index is 5020. The average molecular weight is 1520 g/mol. The number of carbonyl (C=O) groups excluding carboxylic acids is 4. The molecule has 6 aromatic carbocycles. The number of nitriles is 2. The number of phenolic OH excluding ortho intramolecular Hbond substituents is 1. The van der Waals surface area contributed by atoms with Crippen molar-refractivity contribution < 1.29 is 47.3 Å². The summed E-state index contributed by atoms with van der Waals surface area (Å²) in [6.07, 6.45) is -0.621. The summed E-state index contributed by atoms with van der Waals surface area (Å²) in [6.45, 7) is 41.8. The van der Waals surface area contributed by atoms with E-state index in [0.29, 0.717) is 103 Å². The Morgan fingerprint density at radius 2 is 0.891 bits per heavy atom. The molecule has 2 aliphatic rings. The Kier molecular flexibility index (Phi) is 26.3. The minimum Gasteiger partial charge on any atom is -0.508 e. The van der Waals surface area contributed by atoms with Crippen LogP contribution in [0.25, 0.3) is 66.8 Å². The van der Waals surface area contributed by atoms with Gasteiger partial charge in [-0.05, 0) is 200 Å². The zero-order chi connectivity index (χ0) is 80.3. The predicted octanol–water partition coefficient (Wildman–Crippen LogP) is 18.1. The highest BCUT2D eigenvalue weighted by atomic mass is 35.5. The smallest absolute Gasteiger partial charge is 0.410 e. The van der Waals surface area contributed by atoms with Gasteiger partial charge in [0.15, 0.2) is 11.3 Å². The number of halogens is 3. The van der Waals surface area contributed by atoms with E-state index in [2.05, 4.69) is 47.6 Å². The van der Waals surface area contributed by atoms with E-state index < -0.39 is 45.1 Å². The van der Waals surface area contributed by atoms with Gasteiger partial charge in [0, 0.05) is 104 Å². The van der Waals surface area contributed by atoms with Crippen molar-refractivity contribution in [3.63, 3.8) is 0 Å². The van der Waals surface area contributed by atoms with Crippen molar-refractivity contribution >= 4 is 68.4 Å². The number of esters is 1. The molecule has 0 bridgehead atoms. The lowest BCUT2D eigenvalue weighted by atomic mass is 9.92. The highest BCUT2D eigenvalue weighted by molar-refractivity contribution is 6.67. The Hall–Kier alpha value is -11.3. The number of nitrogens with zero attached hydrogens (tertiary/aromatic N) is 13. The van der Waals surface area contributed by atoms with Gasteiger partial charge in [0.05, 0.1) is 61.3 Å². The topological polar surface area (TPSA) is 241 Å². The summed E-state index contributed by atoms with van der Waals surface area (Å²) in [6, 6.07) is 45.5. The molecule has 0 aliphatic carbocycles. The molecule has 0 spiro atoms. The van der Waals surface area contributed by atoms with Crippen LogP contribution in [0.1, 0.15) is 147 Å². The number of piperazine rings is 2. The number of anilines is 2. The second-order valence-electron chi connectivity index (χ2n) is 30.7. The standard InChI is InChI=1S/C40H41FN6O4.C33H37FN6O3.C7H5ClO.C6H15N/c1-25-33-34(26-13-15-28(16-14-26)45-19-21-46(22-20-45)38(49)51-40(5,6)7)31(24-42)35(43-36(33)47(44-25)39(2,3)4)30-18-17-29(23-32(30)41)50-37(48)27-11-9-8-10-12-27;1-20-27-28(21-8-10-22(11-9-21)38-14-16-39(17-15-38)31(42)43-33(5,6)7)25(19-35)29(24-13-12-23(41)18-26(24)34)36-30(27)40(37-20)32(2,3)4;8-7(9)6-4-2-1-3-5-6;1-4-7(5-2)6-3/h8-18,23H,19-22H2,1-7H3;8-13,18,41H,14-17H2,1-7H3;1-5H;4-6H2,1-3H3. The van der Waals surface area contributed by atoms with E-state index in [1.165, 1.54) is 43.9 Å². The fourth-order valence-electron chi connectivity index (χ4n) is 12.8. The van der Waals surface area contributed by atoms with Crippen LogP contribution in [0.15, 0.2) is 146 Å². The van der Waals surface area contributed by atoms with Gasteiger partial charge in [-0.1, -0.05) is 93.6 Å². The second kappa shape index (κ2) is 35.0. The first-order chi connectivity index (χ1) is 52.0. The number of benzene rings is 6. The average Bonchev–Trinajstić information content (AvgIpc) is 1.54. The van der Waals surface area contributed by atoms with E-state index >= 15 is 8.78 Å². The summed E-state index contributed by atoms with van der Waals surface area (Å²) in [7, 11) is 0. The summed E-state index contributed by atoms with van der Waals surface area (Å²) < 4.78 is 51.3. The molecule has 0 unspecified atom stereocenters. The zero-order valence-corrected chi connectivity index (χ0v) is 66.6. The van der Waals surface area contributed by atoms with Crippen LogP contribution in [-0.2, 0) is 20.6 Å². The number of ether oxygens (including phenoxy) is 3. The monoisotopic (exact) mass is 1510 g/mol. The predicted molar refractivity (Wildman–Crippen MR) is 429 cm³/mol. The number of hydrogen-bond donors (Lipinski definition) is 1. The van der Waals surface area contributed by atoms with Crippen molar-refractivity contribution in [2.45, 2.75) is 140 Å². The third-order valence-electron chi connectivity index (χ3n) is 18.3. The van der Waals surface area contributed by atoms with Crippen LogP contribution in [-0.4, -0.2) is 156 Å². The fourth-order valence-corrected chi connectivity index (χ4v) is 12.9. The van der Waals surface area contributed by atoms with E-state index in [1.807, 2.05) is 156 Å². The quantitative estimate of drug-likeness (QED) is 0.0679. The van der Waals surface area contributed by atoms with Crippen LogP contribution in [0.5, 0.6) is 11.5 Å². The number of hydrogen-bond acceptors (Lipinski definition) is 17. The summed E-state index contributed by atoms with van der Waals surface area (Å²) in [4.78, 5) is 68.1. The highest BCUT2D eigenvalue weighted by Crippen LogP contribution is 2.44. The number of carbonyl (C=O) groups is 4. The maximum Gasteiger partial charge on any atom is 0.410 e. The second-order valence-corrected chi connectivity index (χ2v) is 31.0. The SMILES string of the molecule is CCN(CC)CC.Cc1nn(C(C)(C)C)c2nc(-c3ccc(O)cc3F)c(C#N)c(-c3ccc(N4CCN(C(=O)OC(C)(C)C)CC4)cc3)c12.Cc1nn(C(C)(C)C)c2nc(-c3ccc(OC(=O)c4ccccc4)cc3F)c(C#N)c(-c3ccc(N4CCN(C(=O)OC(C)(C)C)CC4)cc3)c12.O=C(Cl)c1ccccc1. The lowest BCUT2D eigenvalue weighted by molar-refractivity contribution is 0.0230. The Morgan fingerprint density at radius 3 is 1.21 bits per heavy atom. The first-order valence-electron chi connectivity index (χ1n) is 36.8. The van der Waals surface area contributed by atoms with E-state index in [4.69, 9.17) is 46.0 Å². The van der Waals surface area contributed by atoms with E-state index in [0.717, 1.165) is 40.0 Å². The Balaban J connectivity index is 0.000000212. The molecule has 2 amide bonds. The molecular formula is C86H98ClF2N13O8. The number of amides is 2. The number of phenols is 1. The summed E-state index contributed by atoms with van der Waals surface area (Å²) in [5.41, 5.74) is 7.06. The summed E-state index contributed by atoms with van der Waals surface area (Å²) in [5.74, 6) is -2.15. The molecule has 24 heteroatoms. The van der Waals surface area contributed by atoms with Crippen LogP contribution in [0.2, 0.25) is 0 Å². The van der Waals surface area contributed by atoms with Crippen molar-refractivity contribution in [1.82, 2.24) is 44.2 Å². The molecule has 2 saturated heterocycles.